The Morgan fingerprint density at radius 2 is 2.45 bits per heavy atom. The van der Waals surface area contributed by atoms with Crippen molar-refractivity contribution in [2.24, 2.45) is 0 Å². The van der Waals surface area contributed by atoms with Crippen LogP contribution < -0.4 is 0 Å². The van der Waals surface area contributed by atoms with E-state index in [4.69, 9.17) is 5.26 Å². The number of likely N-dealkylation sites (tertiary alicyclic amines) is 1. The SMILES string of the molecule is CN1CCC(N(C)C#N)C1=O. The molecule has 1 unspecified atom stereocenters. The summed E-state index contributed by atoms with van der Waals surface area (Å²) in [6, 6.07) is -0.218. The normalized spacial score (nSPS) is 23.5. The molecule has 1 heterocycles. The van der Waals surface area contributed by atoms with Gasteiger partial charge in [-0.25, -0.2) is 0 Å². The molecular weight excluding hydrogens is 142 g/mol. The fourth-order valence-electron chi connectivity index (χ4n) is 1.23. The maximum atomic E-state index is 11.2. The minimum atomic E-state index is -0.218. The summed E-state index contributed by atoms with van der Waals surface area (Å²) in [4.78, 5) is 14.3. The molecule has 4 nitrogen and oxygen atoms in total. The smallest absolute Gasteiger partial charge is 0.245 e. The van der Waals surface area contributed by atoms with Gasteiger partial charge in [0.25, 0.3) is 0 Å². The highest BCUT2D eigenvalue weighted by Gasteiger charge is 2.31. The lowest BCUT2D eigenvalue weighted by molar-refractivity contribution is -0.129. The predicted octanol–water partition coefficient (Wildman–Crippen LogP) is -0.370. The molecule has 0 aliphatic carbocycles. The van der Waals surface area contributed by atoms with Crippen molar-refractivity contribution in [3.63, 3.8) is 0 Å². The Labute approximate surface area is 66.0 Å². The second-order valence-corrected chi connectivity index (χ2v) is 2.78. The van der Waals surface area contributed by atoms with Crippen LogP contribution in [0.15, 0.2) is 0 Å². The van der Waals surface area contributed by atoms with Crippen LogP contribution in [0.25, 0.3) is 0 Å². The van der Waals surface area contributed by atoms with Crippen molar-refractivity contribution in [2.45, 2.75) is 12.5 Å². The lowest BCUT2D eigenvalue weighted by atomic mass is 10.2. The van der Waals surface area contributed by atoms with Crippen LogP contribution in [0.2, 0.25) is 0 Å². The number of likely N-dealkylation sites (N-methyl/N-ethyl adjacent to an activating group) is 2. The van der Waals surface area contributed by atoms with Crippen molar-refractivity contribution in [2.75, 3.05) is 20.6 Å². The van der Waals surface area contributed by atoms with Gasteiger partial charge in [0.05, 0.1) is 0 Å². The molecule has 1 rings (SSSR count). The summed E-state index contributed by atoms with van der Waals surface area (Å²) in [5, 5.41) is 8.50. The summed E-state index contributed by atoms with van der Waals surface area (Å²) in [6.45, 7) is 0.759. The zero-order valence-electron chi connectivity index (χ0n) is 6.74. The Kier molecular flexibility index (Phi) is 1.99. The maximum Gasteiger partial charge on any atom is 0.245 e. The zero-order valence-corrected chi connectivity index (χ0v) is 6.74. The van der Waals surface area contributed by atoms with Gasteiger partial charge < -0.3 is 9.80 Å². The highest BCUT2D eigenvalue weighted by atomic mass is 16.2. The van der Waals surface area contributed by atoms with E-state index in [1.165, 1.54) is 4.90 Å². The number of amides is 1. The molecule has 0 radical (unpaired) electrons. The van der Waals surface area contributed by atoms with Crippen LogP contribution in [0.1, 0.15) is 6.42 Å². The molecule has 11 heavy (non-hydrogen) atoms. The fraction of sp³-hybridized carbons (Fsp3) is 0.714. The van der Waals surface area contributed by atoms with Gasteiger partial charge in [0.1, 0.15) is 6.04 Å². The number of hydrogen-bond acceptors (Lipinski definition) is 3. The fourth-order valence-corrected chi connectivity index (χ4v) is 1.23. The molecule has 1 aliphatic heterocycles. The van der Waals surface area contributed by atoms with Crippen LogP contribution in [0.5, 0.6) is 0 Å². The third-order valence-corrected chi connectivity index (χ3v) is 2.02. The van der Waals surface area contributed by atoms with Gasteiger partial charge in [0.15, 0.2) is 6.19 Å². The van der Waals surface area contributed by atoms with Gasteiger partial charge in [-0.2, -0.15) is 5.26 Å². The average molecular weight is 153 g/mol. The van der Waals surface area contributed by atoms with E-state index in [1.54, 1.807) is 19.0 Å². The molecular formula is C7H11N3O. The van der Waals surface area contributed by atoms with Gasteiger partial charge in [-0.15, -0.1) is 0 Å². The second kappa shape index (κ2) is 2.79. The summed E-state index contributed by atoms with van der Waals surface area (Å²) >= 11 is 0. The van der Waals surface area contributed by atoms with E-state index in [-0.39, 0.29) is 11.9 Å². The van der Waals surface area contributed by atoms with Gasteiger partial charge >= 0.3 is 0 Å². The molecule has 1 atom stereocenters. The van der Waals surface area contributed by atoms with E-state index in [0.29, 0.717) is 0 Å². The zero-order chi connectivity index (χ0) is 8.43. The molecule has 0 aromatic heterocycles. The van der Waals surface area contributed by atoms with Crippen molar-refractivity contribution in [1.29, 1.82) is 5.26 Å². The molecule has 1 fully saturated rings. The highest BCUT2D eigenvalue weighted by Crippen LogP contribution is 2.12. The van der Waals surface area contributed by atoms with Crippen molar-refractivity contribution in [1.82, 2.24) is 9.80 Å². The number of rotatable bonds is 1. The Balaban J connectivity index is 2.64. The first-order valence-electron chi connectivity index (χ1n) is 3.54. The van der Waals surface area contributed by atoms with E-state index in [0.717, 1.165) is 13.0 Å². The summed E-state index contributed by atoms with van der Waals surface area (Å²) in [5.74, 6) is 0.0500. The predicted molar refractivity (Wildman–Crippen MR) is 39.4 cm³/mol. The van der Waals surface area contributed by atoms with Gasteiger partial charge in [0, 0.05) is 20.6 Å². The number of carbonyl (C=O) groups excluding carboxylic acids is 1. The molecule has 0 aromatic rings. The molecule has 0 saturated carbocycles. The first-order chi connectivity index (χ1) is 5.16. The third kappa shape index (κ3) is 1.27. The van der Waals surface area contributed by atoms with Crippen molar-refractivity contribution in [3.8, 4) is 6.19 Å². The minimum Gasteiger partial charge on any atom is -0.344 e. The van der Waals surface area contributed by atoms with Gasteiger partial charge in [-0.05, 0) is 6.42 Å². The summed E-state index contributed by atoms with van der Waals surface area (Å²) in [6.07, 6.45) is 2.71. The number of nitrogens with zero attached hydrogens (tertiary/aromatic N) is 3. The Morgan fingerprint density at radius 1 is 1.82 bits per heavy atom. The van der Waals surface area contributed by atoms with Crippen molar-refractivity contribution >= 4 is 5.91 Å². The topological polar surface area (TPSA) is 47.3 Å². The van der Waals surface area contributed by atoms with Crippen LogP contribution in [0.4, 0.5) is 0 Å². The van der Waals surface area contributed by atoms with Crippen LogP contribution in [-0.2, 0) is 4.79 Å². The van der Waals surface area contributed by atoms with Crippen molar-refractivity contribution < 1.29 is 4.79 Å². The first kappa shape index (κ1) is 7.86. The summed E-state index contributed by atoms with van der Waals surface area (Å²) < 4.78 is 0. The van der Waals surface area contributed by atoms with Crippen LogP contribution in [0.3, 0.4) is 0 Å². The summed E-state index contributed by atoms with van der Waals surface area (Å²) in [7, 11) is 3.40. The van der Waals surface area contributed by atoms with E-state index in [2.05, 4.69) is 0 Å². The van der Waals surface area contributed by atoms with E-state index in [1.807, 2.05) is 6.19 Å². The van der Waals surface area contributed by atoms with E-state index in [9.17, 15) is 4.79 Å². The lowest BCUT2D eigenvalue weighted by Gasteiger charge is -2.15. The monoisotopic (exact) mass is 153 g/mol. The molecule has 1 amide bonds. The summed E-state index contributed by atoms with van der Waals surface area (Å²) in [5.41, 5.74) is 0. The number of carbonyl (C=O) groups is 1. The van der Waals surface area contributed by atoms with Crippen LogP contribution in [-0.4, -0.2) is 42.4 Å². The van der Waals surface area contributed by atoms with Gasteiger partial charge in [-0.1, -0.05) is 0 Å². The number of hydrogen-bond donors (Lipinski definition) is 0. The van der Waals surface area contributed by atoms with Crippen LogP contribution >= 0.6 is 0 Å². The Hall–Kier alpha value is -1.24. The third-order valence-electron chi connectivity index (χ3n) is 2.02. The molecule has 0 spiro atoms. The molecule has 0 bridgehead atoms. The molecule has 0 N–H and O–H groups in total. The van der Waals surface area contributed by atoms with Gasteiger partial charge in [-0.3, -0.25) is 4.79 Å². The molecule has 4 heteroatoms. The number of nitriles is 1. The van der Waals surface area contributed by atoms with E-state index >= 15 is 0 Å². The average Bonchev–Trinajstić information content (AvgIpc) is 2.32. The first-order valence-corrected chi connectivity index (χ1v) is 3.54. The molecule has 1 aliphatic rings. The quantitative estimate of drug-likeness (QED) is 0.381. The van der Waals surface area contributed by atoms with Crippen LogP contribution in [0, 0.1) is 11.5 Å². The van der Waals surface area contributed by atoms with Gasteiger partial charge in [0.2, 0.25) is 5.91 Å². The molecule has 0 aromatic carbocycles. The molecule has 60 valence electrons. The second-order valence-electron chi connectivity index (χ2n) is 2.78. The van der Waals surface area contributed by atoms with E-state index < -0.39 is 0 Å². The highest BCUT2D eigenvalue weighted by molar-refractivity contribution is 5.83. The largest absolute Gasteiger partial charge is 0.344 e. The minimum absolute atomic E-state index is 0.0500. The Bertz CT molecular complexity index is 208. The lowest BCUT2D eigenvalue weighted by Crippen LogP contribution is -2.35. The van der Waals surface area contributed by atoms with Crippen molar-refractivity contribution in [3.05, 3.63) is 0 Å². The maximum absolute atomic E-state index is 11.2. The molecule has 1 saturated heterocycles. The standard InChI is InChI=1S/C7H11N3O/c1-9-4-3-6(7(9)11)10(2)5-8/h6H,3-4H2,1-2H3. The Morgan fingerprint density at radius 3 is 2.82 bits per heavy atom.